The normalized spacial score (nSPS) is 8.67. The van der Waals surface area contributed by atoms with E-state index in [9.17, 15) is 20.2 Å². The Kier molecular flexibility index (Phi) is 2.75. The molecule has 66 valence electrons. The zero-order chi connectivity index (χ0) is 8.43. The highest BCUT2D eigenvalue weighted by Gasteiger charge is 2.20. The highest BCUT2D eigenvalue weighted by molar-refractivity contribution is 5.07. The minimum Gasteiger partial charge on any atom is -0.358 e. The Morgan fingerprint density at radius 2 is 2.00 bits per heavy atom. The molecule has 1 aromatic heterocycles. The lowest BCUT2D eigenvalue weighted by molar-refractivity contribution is -0.553. The SMILES string of the molecule is N.O=[N+]([O-])c1cn([N+](=O)[O-])nn1. The standard InChI is InChI=1S/C2HN5O4.H3N/c8-6(9)2-1-5(4-3-2)7(10)11;/h1H;1H3. The summed E-state index contributed by atoms with van der Waals surface area (Å²) in [4.78, 5) is 19.1. The van der Waals surface area contributed by atoms with Crippen LogP contribution in [0.2, 0.25) is 0 Å². The minimum atomic E-state index is -0.931. The highest BCUT2D eigenvalue weighted by atomic mass is 16.7. The van der Waals surface area contributed by atoms with Crippen molar-refractivity contribution in [1.29, 1.82) is 0 Å². The number of nitrogens with zero attached hydrogens (tertiary/aromatic N) is 5. The molecule has 0 aromatic carbocycles. The Morgan fingerprint density at radius 3 is 2.25 bits per heavy atom. The molecule has 0 fully saturated rings. The molecule has 0 bridgehead atoms. The average molecular weight is 176 g/mol. The summed E-state index contributed by atoms with van der Waals surface area (Å²) in [6.07, 6.45) is 0.611. The van der Waals surface area contributed by atoms with Crippen molar-refractivity contribution in [3.05, 3.63) is 26.4 Å². The lowest BCUT2D eigenvalue weighted by Gasteiger charge is -1.83. The van der Waals surface area contributed by atoms with Crippen molar-refractivity contribution in [3.63, 3.8) is 0 Å². The van der Waals surface area contributed by atoms with Gasteiger partial charge in [-0.1, -0.05) is 0 Å². The Balaban J connectivity index is 0.00000121. The van der Waals surface area contributed by atoms with Crippen LogP contribution < -0.4 is 6.15 Å². The first-order valence-corrected chi connectivity index (χ1v) is 2.32. The zero-order valence-electron chi connectivity index (χ0n) is 5.65. The fraction of sp³-hybridized carbons (Fsp3) is 0. The summed E-state index contributed by atoms with van der Waals surface area (Å²) >= 11 is 0. The summed E-state index contributed by atoms with van der Waals surface area (Å²) in [5.74, 6) is -0.651. The quantitative estimate of drug-likeness (QED) is 0.465. The molecule has 10 heteroatoms. The largest absolute Gasteiger partial charge is 0.443 e. The Hall–Kier alpha value is -2.10. The van der Waals surface area contributed by atoms with Gasteiger partial charge in [-0.3, -0.25) is 0 Å². The van der Waals surface area contributed by atoms with Crippen LogP contribution in [0.1, 0.15) is 0 Å². The fourth-order valence-corrected chi connectivity index (χ4v) is 0.410. The maximum Gasteiger partial charge on any atom is 0.443 e. The second-order valence-electron chi connectivity index (χ2n) is 1.49. The van der Waals surface area contributed by atoms with Crippen molar-refractivity contribution < 1.29 is 9.96 Å². The van der Waals surface area contributed by atoms with Gasteiger partial charge in [0.15, 0.2) is 0 Å². The molecule has 0 saturated carbocycles. The van der Waals surface area contributed by atoms with Gasteiger partial charge in [0.05, 0.1) is 9.82 Å². The predicted octanol–water partition coefficient (Wildman–Crippen LogP) is -0.612. The van der Waals surface area contributed by atoms with E-state index in [2.05, 4.69) is 10.3 Å². The number of hydrogen-bond donors (Lipinski definition) is 1. The van der Waals surface area contributed by atoms with E-state index in [0.29, 0.717) is 6.20 Å². The number of aromatic nitrogens is 3. The van der Waals surface area contributed by atoms with Gasteiger partial charge in [0.25, 0.3) is 0 Å². The first kappa shape index (κ1) is 9.90. The second kappa shape index (κ2) is 3.34. The molecule has 0 amide bonds. The van der Waals surface area contributed by atoms with Gasteiger partial charge in [0, 0.05) is 0 Å². The van der Waals surface area contributed by atoms with E-state index in [-0.39, 0.29) is 10.9 Å². The molecule has 0 aliphatic heterocycles. The molecule has 10 nitrogen and oxygen atoms in total. The monoisotopic (exact) mass is 176 g/mol. The summed E-state index contributed by atoms with van der Waals surface area (Å²) in [5.41, 5.74) is 0. The minimum absolute atomic E-state index is 0. The van der Waals surface area contributed by atoms with Crippen LogP contribution in [-0.2, 0) is 0 Å². The van der Waals surface area contributed by atoms with Gasteiger partial charge >= 0.3 is 11.0 Å². The van der Waals surface area contributed by atoms with Crippen LogP contribution in [0.25, 0.3) is 0 Å². The molecule has 0 unspecified atom stereocenters. The summed E-state index contributed by atoms with van der Waals surface area (Å²) in [7, 11) is 0. The summed E-state index contributed by atoms with van der Waals surface area (Å²) in [5, 5.41) is 24.6. The number of hydrogen-bond acceptors (Lipinski definition) is 7. The lowest BCUT2D eigenvalue weighted by atomic mass is 10.8. The van der Waals surface area contributed by atoms with E-state index < -0.39 is 15.8 Å². The van der Waals surface area contributed by atoms with Crippen LogP contribution in [0.3, 0.4) is 0 Å². The van der Waals surface area contributed by atoms with Gasteiger partial charge in [0.1, 0.15) is 0 Å². The maximum absolute atomic E-state index is 9.90. The molecule has 1 heterocycles. The molecular weight excluding hydrogens is 172 g/mol. The third kappa shape index (κ3) is 1.69. The lowest BCUT2D eigenvalue weighted by Crippen LogP contribution is -2.08. The Morgan fingerprint density at radius 1 is 1.42 bits per heavy atom. The molecule has 0 spiro atoms. The van der Waals surface area contributed by atoms with Crippen LogP contribution in [0.4, 0.5) is 5.82 Å². The molecule has 0 saturated heterocycles. The first-order valence-electron chi connectivity index (χ1n) is 2.32. The van der Waals surface area contributed by atoms with Gasteiger partial charge in [-0.05, 0) is 4.92 Å². The van der Waals surface area contributed by atoms with Crippen molar-refractivity contribution in [3.8, 4) is 0 Å². The molecule has 0 atom stereocenters. The molecular formula is C2H4N6O4. The van der Waals surface area contributed by atoms with E-state index in [1.807, 2.05) is 0 Å². The third-order valence-corrected chi connectivity index (χ3v) is 0.824. The highest BCUT2D eigenvalue weighted by Crippen LogP contribution is 2.01. The van der Waals surface area contributed by atoms with Crippen LogP contribution >= 0.6 is 0 Å². The van der Waals surface area contributed by atoms with Gasteiger partial charge in [0.2, 0.25) is 11.3 Å². The second-order valence-corrected chi connectivity index (χ2v) is 1.49. The van der Waals surface area contributed by atoms with E-state index in [4.69, 9.17) is 0 Å². The number of nitro groups is 2. The maximum atomic E-state index is 9.90. The molecule has 0 radical (unpaired) electrons. The Bertz CT molecular complexity index is 276. The zero-order valence-corrected chi connectivity index (χ0v) is 5.65. The van der Waals surface area contributed by atoms with E-state index in [1.54, 1.807) is 0 Å². The molecule has 12 heavy (non-hydrogen) atoms. The molecule has 3 N–H and O–H groups in total. The van der Waals surface area contributed by atoms with Gasteiger partial charge < -0.3 is 26.4 Å². The van der Waals surface area contributed by atoms with Crippen molar-refractivity contribution >= 4 is 5.82 Å². The van der Waals surface area contributed by atoms with Gasteiger partial charge in [-0.15, -0.1) is 0 Å². The smallest absolute Gasteiger partial charge is 0.358 e. The van der Waals surface area contributed by atoms with E-state index >= 15 is 0 Å². The summed E-state index contributed by atoms with van der Waals surface area (Å²) < 4.78 is 0. The van der Waals surface area contributed by atoms with Crippen molar-refractivity contribution in [2.45, 2.75) is 0 Å². The predicted molar refractivity (Wildman–Crippen MR) is 34.1 cm³/mol. The van der Waals surface area contributed by atoms with Crippen LogP contribution in [0, 0.1) is 20.2 Å². The van der Waals surface area contributed by atoms with Crippen molar-refractivity contribution in [1.82, 2.24) is 21.3 Å². The van der Waals surface area contributed by atoms with E-state index in [1.165, 1.54) is 0 Å². The van der Waals surface area contributed by atoms with Crippen molar-refractivity contribution in [2.24, 2.45) is 0 Å². The van der Waals surface area contributed by atoms with Gasteiger partial charge in [-0.2, -0.15) is 0 Å². The third-order valence-electron chi connectivity index (χ3n) is 0.824. The topological polar surface area (TPSA) is 152 Å². The average Bonchev–Trinajstić information content (AvgIpc) is 2.33. The molecule has 1 aromatic rings. The molecule has 0 aliphatic carbocycles. The molecule has 1 rings (SSSR count). The van der Waals surface area contributed by atoms with Crippen LogP contribution in [0.15, 0.2) is 6.20 Å². The summed E-state index contributed by atoms with van der Waals surface area (Å²) in [6.45, 7) is 0. The first-order chi connectivity index (χ1) is 5.11. The number of rotatable bonds is 2. The van der Waals surface area contributed by atoms with Crippen LogP contribution in [-0.4, -0.2) is 25.1 Å². The van der Waals surface area contributed by atoms with Gasteiger partial charge in [-0.25, -0.2) is 0 Å². The van der Waals surface area contributed by atoms with Crippen molar-refractivity contribution in [2.75, 3.05) is 0 Å². The van der Waals surface area contributed by atoms with Crippen LogP contribution in [0.5, 0.6) is 0 Å². The fourth-order valence-electron chi connectivity index (χ4n) is 0.410. The Labute approximate surface area is 64.6 Å². The summed E-state index contributed by atoms with van der Waals surface area (Å²) in [6, 6.07) is 0. The van der Waals surface area contributed by atoms with E-state index in [0.717, 1.165) is 0 Å². The molecule has 0 aliphatic rings.